The number of rotatable bonds is 4. The molecule has 26 heavy (non-hydrogen) atoms. The van der Waals surface area contributed by atoms with E-state index in [1.807, 2.05) is 6.92 Å². The van der Waals surface area contributed by atoms with Crippen molar-refractivity contribution in [2.75, 3.05) is 6.54 Å². The summed E-state index contributed by atoms with van der Waals surface area (Å²) < 4.78 is 0. The van der Waals surface area contributed by atoms with Crippen LogP contribution in [0.25, 0.3) is 10.6 Å². The molecular weight excluding hydrogens is 344 g/mol. The van der Waals surface area contributed by atoms with Crippen LogP contribution in [0.5, 0.6) is 0 Å². The van der Waals surface area contributed by atoms with Crippen molar-refractivity contribution in [3.63, 3.8) is 0 Å². The van der Waals surface area contributed by atoms with Gasteiger partial charge >= 0.3 is 0 Å². The predicted molar refractivity (Wildman–Crippen MR) is 105 cm³/mol. The number of aryl methyl sites for hydroxylation is 2. The second-order valence-electron chi connectivity index (χ2n) is 7.36. The van der Waals surface area contributed by atoms with Crippen molar-refractivity contribution in [1.29, 1.82) is 0 Å². The fourth-order valence-electron chi connectivity index (χ4n) is 4.00. The van der Waals surface area contributed by atoms with Crippen LogP contribution in [0.1, 0.15) is 47.1 Å². The number of hydrogen-bond donors (Lipinski definition) is 3. The van der Waals surface area contributed by atoms with Crippen molar-refractivity contribution in [3.05, 3.63) is 40.4 Å². The van der Waals surface area contributed by atoms with Gasteiger partial charge in [-0.2, -0.15) is 0 Å². The maximum Gasteiger partial charge on any atom is 0.263 e. The van der Waals surface area contributed by atoms with Gasteiger partial charge in [0.1, 0.15) is 9.88 Å². The zero-order valence-electron chi connectivity index (χ0n) is 15.3. The topological polar surface area (TPSA) is 66.0 Å². The number of hydrazine groups is 1. The second kappa shape index (κ2) is 7.47. The van der Waals surface area contributed by atoms with E-state index in [0.29, 0.717) is 12.0 Å². The lowest BCUT2D eigenvalue weighted by Crippen LogP contribution is -2.44. The van der Waals surface area contributed by atoms with Gasteiger partial charge in [0.2, 0.25) is 0 Å². The maximum absolute atomic E-state index is 12.8. The minimum atomic E-state index is 0.0267. The lowest BCUT2D eigenvalue weighted by molar-refractivity contribution is 0.0921. The summed E-state index contributed by atoms with van der Waals surface area (Å²) in [7, 11) is 0. The van der Waals surface area contributed by atoms with Gasteiger partial charge in [0.05, 0.1) is 5.69 Å². The molecule has 1 saturated heterocycles. The van der Waals surface area contributed by atoms with Gasteiger partial charge in [-0.25, -0.2) is 4.98 Å². The first-order valence-electron chi connectivity index (χ1n) is 9.50. The third kappa shape index (κ3) is 3.54. The van der Waals surface area contributed by atoms with Crippen molar-refractivity contribution < 1.29 is 4.79 Å². The molecule has 2 fully saturated rings. The summed E-state index contributed by atoms with van der Waals surface area (Å²) in [4.78, 5) is 18.2. The number of benzene rings is 1. The van der Waals surface area contributed by atoms with E-state index in [2.05, 4.69) is 52.3 Å². The quantitative estimate of drug-likeness (QED) is 0.774. The molecule has 1 amide bonds. The molecule has 1 aliphatic carbocycles. The monoisotopic (exact) mass is 370 g/mol. The second-order valence-corrected chi connectivity index (χ2v) is 8.36. The minimum absolute atomic E-state index is 0.0267. The highest BCUT2D eigenvalue weighted by atomic mass is 32.1. The molecule has 2 heterocycles. The third-order valence-corrected chi connectivity index (χ3v) is 6.79. The molecule has 0 radical (unpaired) electrons. The van der Waals surface area contributed by atoms with Crippen LogP contribution >= 0.6 is 11.3 Å². The Bertz CT molecular complexity index is 786. The molecule has 1 aromatic heterocycles. The number of aromatic nitrogens is 1. The molecule has 6 heteroatoms. The number of nitrogens with zero attached hydrogens (tertiary/aromatic N) is 1. The molecule has 0 bridgehead atoms. The van der Waals surface area contributed by atoms with Crippen molar-refractivity contribution in [2.45, 2.75) is 51.6 Å². The van der Waals surface area contributed by atoms with E-state index in [-0.39, 0.29) is 11.9 Å². The molecule has 1 aliphatic heterocycles. The average molecular weight is 371 g/mol. The molecule has 1 saturated carbocycles. The maximum atomic E-state index is 12.8. The molecular formula is C20H26N4OS. The van der Waals surface area contributed by atoms with Crippen LogP contribution in [0, 0.1) is 12.8 Å². The molecule has 3 N–H and O–H groups in total. The van der Waals surface area contributed by atoms with Gasteiger partial charge in [0.25, 0.3) is 5.91 Å². The number of amides is 1. The van der Waals surface area contributed by atoms with E-state index in [0.717, 1.165) is 53.4 Å². The first-order valence-corrected chi connectivity index (χ1v) is 10.3. The SMILES string of the molecule is CCc1ccc(-c2nc(C)c(C(=O)NC3CCC4NNCC4C3)s2)cc1. The molecule has 5 nitrogen and oxygen atoms in total. The van der Waals surface area contributed by atoms with Crippen LogP contribution in [0.4, 0.5) is 0 Å². The van der Waals surface area contributed by atoms with Gasteiger partial charge in [-0.1, -0.05) is 31.2 Å². The highest BCUT2D eigenvalue weighted by molar-refractivity contribution is 7.17. The fourth-order valence-corrected chi connectivity index (χ4v) is 4.97. The molecule has 2 aromatic rings. The van der Waals surface area contributed by atoms with Gasteiger partial charge in [-0.3, -0.25) is 15.6 Å². The molecule has 3 atom stereocenters. The third-order valence-electron chi connectivity index (χ3n) is 5.58. The van der Waals surface area contributed by atoms with Crippen molar-refractivity contribution in [2.24, 2.45) is 5.92 Å². The van der Waals surface area contributed by atoms with Crippen LogP contribution in [-0.4, -0.2) is 29.5 Å². The largest absolute Gasteiger partial charge is 0.349 e. The number of hydrogen-bond acceptors (Lipinski definition) is 5. The molecule has 4 rings (SSSR count). The Morgan fingerprint density at radius 2 is 2.12 bits per heavy atom. The van der Waals surface area contributed by atoms with Crippen molar-refractivity contribution >= 4 is 17.2 Å². The number of carbonyl (C=O) groups is 1. The molecule has 3 unspecified atom stereocenters. The van der Waals surface area contributed by atoms with Crippen molar-refractivity contribution in [3.8, 4) is 10.6 Å². The summed E-state index contributed by atoms with van der Waals surface area (Å²) in [6.45, 7) is 5.07. The lowest BCUT2D eigenvalue weighted by atomic mass is 9.83. The first kappa shape index (κ1) is 17.6. The summed E-state index contributed by atoms with van der Waals surface area (Å²) in [6, 6.07) is 9.28. The van der Waals surface area contributed by atoms with E-state index in [9.17, 15) is 4.79 Å². The Hall–Kier alpha value is -1.76. The summed E-state index contributed by atoms with van der Waals surface area (Å²) in [5.41, 5.74) is 9.78. The van der Waals surface area contributed by atoms with E-state index in [4.69, 9.17) is 0 Å². The Morgan fingerprint density at radius 3 is 2.88 bits per heavy atom. The highest BCUT2D eigenvalue weighted by Crippen LogP contribution is 2.30. The van der Waals surface area contributed by atoms with E-state index in [1.54, 1.807) is 0 Å². The molecule has 1 aromatic carbocycles. The van der Waals surface area contributed by atoms with Gasteiger partial charge in [-0.15, -0.1) is 11.3 Å². The Morgan fingerprint density at radius 1 is 1.31 bits per heavy atom. The Labute approximate surface area is 158 Å². The van der Waals surface area contributed by atoms with Gasteiger partial charge in [0, 0.05) is 24.2 Å². The minimum Gasteiger partial charge on any atom is -0.349 e. The first-order chi connectivity index (χ1) is 12.6. The van der Waals surface area contributed by atoms with Gasteiger partial charge < -0.3 is 5.32 Å². The molecule has 0 spiro atoms. The summed E-state index contributed by atoms with van der Waals surface area (Å²) in [5, 5.41) is 4.17. The zero-order valence-corrected chi connectivity index (χ0v) is 16.2. The number of thiazole rings is 1. The van der Waals surface area contributed by atoms with Crippen LogP contribution in [0.2, 0.25) is 0 Å². The predicted octanol–water partition coefficient (Wildman–Crippen LogP) is 3.06. The lowest BCUT2D eigenvalue weighted by Gasteiger charge is -2.31. The van der Waals surface area contributed by atoms with Crippen LogP contribution in [0.15, 0.2) is 24.3 Å². The molecule has 2 aliphatic rings. The Balaban J connectivity index is 1.45. The summed E-state index contributed by atoms with van der Waals surface area (Å²) in [6.07, 6.45) is 4.21. The van der Waals surface area contributed by atoms with Crippen molar-refractivity contribution in [1.82, 2.24) is 21.2 Å². The van der Waals surface area contributed by atoms with E-state index >= 15 is 0 Å². The average Bonchev–Trinajstić information content (AvgIpc) is 3.27. The number of nitrogens with one attached hydrogen (secondary N) is 3. The van der Waals surface area contributed by atoms with Crippen LogP contribution in [-0.2, 0) is 6.42 Å². The normalized spacial score (nSPS) is 25.1. The number of carbonyl (C=O) groups excluding carboxylic acids is 1. The number of fused-ring (bicyclic) bond motifs is 1. The van der Waals surface area contributed by atoms with Crippen LogP contribution < -0.4 is 16.2 Å². The zero-order chi connectivity index (χ0) is 18.1. The summed E-state index contributed by atoms with van der Waals surface area (Å²) >= 11 is 1.49. The van der Waals surface area contributed by atoms with Crippen LogP contribution in [0.3, 0.4) is 0 Å². The van der Waals surface area contributed by atoms with E-state index < -0.39 is 0 Å². The molecule has 138 valence electrons. The highest BCUT2D eigenvalue weighted by Gasteiger charge is 2.34. The summed E-state index contributed by atoms with van der Waals surface area (Å²) in [5.74, 6) is 0.642. The van der Waals surface area contributed by atoms with E-state index in [1.165, 1.54) is 16.9 Å². The smallest absolute Gasteiger partial charge is 0.263 e. The Kier molecular flexibility index (Phi) is 5.07. The van der Waals surface area contributed by atoms with Gasteiger partial charge in [0.15, 0.2) is 0 Å². The standard InChI is InChI=1S/C20H26N4OS/c1-3-13-4-6-14(7-5-13)20-22-12(2)18(26-20)19(25)23-16-8-9-17-15(10-16)11-21-24-17/h4-7,15-17,21,24H,3,8-11H2,1-2H3,(H,23,25). The van der Waals surface area contributed by atoms with Gasteiger partial charge in [-0.05, 0) is 44.1 Å². The fraction of sp³-hybridized carbons (Fsp3) is 0.500.